The van der Waals surface area contributed by atoms with Gasteiger partial charge in [0.05, 0.1) is 5.69 Å². The van der Waals surface area contributed by atoms with Gasteiger partial charge in [0, 0.05) is 19.3 Å². The molecule has 0 amide bonds. The van der Waals surface area contributed by atoms with Crippen LogP contribution in [0, 0.1) is 0 Å². The fraction of sp³-hybridized carbons (Fsp3) is 0.417. The van der Waals surface area contributed by atoms with Crippen LogP contribution in [0.4, 0.5) is 5.82 Å². The van der Waals surface area contributed by atoms with E-state index in [2.05, 4.69) is 20.5 Å². The van der Waals surface area contributed by atoms with Gasteiger partial charge in [-0.3, -0.25) is 4.57 Å². The Bertz CT molecular complexity index is 592. The number of nitrogens with zero attached hydrogens (tertiary/aromatic N) is 3. The molecule has 0 aliphatic rings. The predicted octanol–water partition coefficient (Wildman–Crippen LogP) is 1.71. The molecule has 2 aromatic rings. The van der Waals surface area contributed by atoms with Crippen LogP contribution in [0.5, 0.6) is 0 Å². The summed E-state index contributed by atoms with van der Waals surface area (Å²) in [5.74, 6) is 1.52. The molecule has 0 atom stereocenters. The first-order valence-electron chi connectivity index (χ1n) is 6.16. The highest BCUT2D eigenvalue weighted by atomic mass is 32.2. The maximum absolute atomic E-state index is 11.5. The molecular weight excluding hydrogens is 262 g/mol. The lowest BCUT2D eigenvalue weighted by atomic mass is 10.4. The van der Waals surface area contributed by atoms with Crippen LogP contribution in [-0.4, -0.2) is 26.8 Å². The van der Waals surface area contributed by atoms with Gasteiger partial charge in [0.25, 0.3) is 0 Å². The van der Waals surface area contributed by atoms with Crippen LogP contribution >= 0.6 is 11.8 Å². The van der Waals surface area contributed by atoms with Crippen molar-refractivity contribution in [3.8, 4) is 0 Å². The van der Waals surface area contributed by atoms with Crippen LogP contribution in [0.3, 0.4) is 0 Å². The van der Waals surface area contributed by atoms with Gasteiger partial charge >= 0.3 is 5.69 Å². The molecule has 0 aliphatic carbocycles. The van der Waals surface area contributed by atoms with E-state index in [0.717, 1.165) is 17.9 Å². The molecule has 0 bridgehead atoms. The largest absolute Gasteiger partial charge is 0.373 e. The lowest BCUT2D eigenvalue weighted by Crippen LogP contribution is -2.17. The third-order valence-electron chi connectivity index (χ3n) is 2.58. The quantitative estimate of drug-likeness (QED) is 0.787. The average molecular weight is 279 g/mol. The van der Waals surface area contributed by atoms with E-state index in [1.54, 1.807) is 4.57 Å². The van der Waals surface area contributed by atoms with Crippen LogP contribution < -0.4 is 11.0 Å². The predicted molar refractivity (Wildman–Crippen MR) is 76.5 cm³/mol. The molecule has 7 heteroatoms. The van der Waals surface area contributed by atoms with Crippen molar-refractivity contribution in [3.05, 3.63) is 34.4 Å². The van der Waals surface area contributed by atoms with E-state index < -0.39 is 0 Å². The molecule has 0 spiro atoms. The first-order valence-corrected chi connectivity index (χ1v) is 7.15. The number of thioether (sulfide) groups is 1. The number of pyridine rings is 1. The lowest BCUT2D eigenvalue weighted by molar-refractivity contribution is 0.603. The minimum Gasteiger partial charge on any atom is -0.373 e. The smallest absolute Gasteiger partial charge is 0.343 e. The summed E-state index contributed by atoms with van der Waals surface area (Å²) in [7, 11) is 1.84. The van der Waals surface area contributed by atoms with E-state index in [1.807, 2.05) is 32.2 Å². The monoisotopic (exact) mass is 279 g/mol. The molecule has 0 unspecified atom stereocenters. The number of H-pyrrole nitrogens is 1. The molecule has 19 heavy (non-hydrogen) atoms. The zero-order chi connectivity index (χ0) is 13.7. The van der Waals surface area contributed by atoms with Gasteiger partial charge < -0.3 is 5.32 Å². The standard InChI is InChI=1S/C12H17N5OS/c1-3-7-17-11(18)15-16-12(17)19-8-9-5-4-6-10(13-2)14-9/h4-6H,3,7-8H2,1-2H3,(H,13,14)(H,15,18). The van der Waals surface area contributed by atoms with Crippen LogP contribution in [0.15, 0.2) is 28.2 Å². The van der Waals surface area contributed by atoms with Crippen LogP contribution in [0.2, 0.25) is 0 Å². The van der Waals surface area contributed by atoms with Crippen molar-refractivity contribution >= 4 is 17.6 Å². The van der Waals surface area contributed by atoms with Crippen LogP contribution in [-0.2, 0) is 12.3 Å². The number of rotatable bonds is 6. The second-order valence-corrected chi connectivity index (χ2v) is 4.96. The van der Waals surface area contributed by atoms with E-state index >= 15 is 0 Å². The minimum atomic E-state index is -0.152. The van der Waals surface area contributed by atoms with E-state index in [4.69, 9.17) is 0 Å². The zero-order valence-corrected chi connectivity index (χ0v) is 11.8. The number of anilines is 1. The molecule has 2 heterocycles. The van der Waals surface area contributed by atoms with Crippen molar-refractivity contribution < 1.29 is 0 Å². The summed E-state index contributed by atoms with van der Waals surface area (Å²) in [5, 5.41) is 10.2. The Morgan fingerprint density at radius 1 is 1.47 bits per heavy atom. The maximum Gasteiger partial charge on any atom is 0.343 e. The van der Waals surface area contributed by atoms with Crippen molar-refractivity contribution in [2.45, 2.75) is 30.8 Å². The molecule has 6 nitrogen and oxygen atoms in total. The average Bonchev–Trinajstić information content (AvgIpc) is 2.78. The number of hydrogen-bond acceptors (Lipinski definition) is 5. The Morgan fingerprint density at radius 3 is 3.05 bits per heavy atom. The van der Waals surface area contributed by atoms with Crippen molar-refractivity contribution in [3.63, 3.8) is 0 Å². The van der Waals surface area contributed by atoms with Gasteiger partial charge in [-0.1, -0.05) is 24.8 Å². The summed E-state index contributed by atoms with van der Waals surface area (Å²) < 4.78 is 1.66. The summed E-state index contributed by atoms with van der Waals surface area (Å²) in [6.45, 7) is 2.72. The van der Waals surface area contributed by atoms with Gasteiger partial charge in [0.2, 0.25) is 0 Å². The molecule has 0 saturated heterocycles. The molecule has 0 aliphatic heterocycles. The second-order valence-electron chi connectivity index (χ2n) is 4.02. The molecular formula is C12H17N5OS. The van der Waals surface area contributed by atoms with Gasteiger partial charge in [-0.05, 0) is 18.6 Å². The fourth-order valence-corrected chi connectivity index (χ4v) is 2.55. The van der Waals surface area contributed by atoms with Gasteiger partial charge in [0.15, 0.2) is 5.16 Å². The molecule has 2 aromatic heterocycles. The highest BCUT2D eigenvalue weighted by Gasteiger charge is 2.08. The van der Waals surface area contributed by atoms with Gasteiger partial charge in [0.1, 0.15) is 5.82 Å². The second kappa shape index (κ2) is 6.42. The third kappa shape index (κ3) is 3.37. The molecule has 0 saturated carbocycles. The lowest BCUT2D eigenvalue weighted by Gasteiger charge is -2.05. The number of aromatic nitrogens is 4. The van der Waals surface area contributed by atoms with Crippen molar-refractivity contribution in [1.82, 2.24) is 19.7 Å². The molecule has 0 radical (unpaired) electrons. The Labute approximate surface area is 115 Å². The highest BCUT2D eigenvalue weighted by Crippen LogP contribution is 2.19. The van der Waals surface area contributed by atoms with Crippen molar-refractivity contribution in [1.29, 1.82) is 0 Å². The Hall–Kier alpha value is -1.76. The van der Waals surface area contributed by atoms with Gasteiger partial charge in [-0.15, -0.1) is 5.10 Å². The highest BCUT2D eigenvalue weighted by molar-refractivity contribution is 7.98. The molecule has 102 valence electrons. The molecule has 0 aromatic carbocycles. The fourth-order valence-electron chi connectivity index (χ4n) is 1.67. The number of nitrogens with one attached hydrogen (secondary N) is 2. The summed E-state index contributed by atoms with van der Waals surface area (Å²) in [5.41, 5.74) is 0.802. The van der Waals surface area contributed by atoms with E-state index in [1.165, 1.54) is 11.8 Å². The van der Waals surface area contributed by atoms with Crippen LogP contribution in [0.25, 0.3) is 0 Å². The third-order valence-corrected chi connectivity index (χ3v) is 3.59. The zero-order valence-electron chi connectivity index (χ0n) is 11.0. The number of aromatic amines is 1. The normalized spacial score (nSPS) is 10.6. The minimum absolute atomic E-state index is 0.152. The Balaban J connectivity index is 2.07. The topological polar surface area (TPSA) is 75.6 Å². The van der Waals surface area contributed by atoms with Crippen molar-refractivity contribution in [2.24, 2.45) is 0 Å². The first kappa shape index (κ1) is 13.7. The van der Waals surface area contributed by atoms with E-state index in [-0.39, 0.29) is 5.69 Å². The number of hydrogen-bond donors (Lipinski definition) is 2. The summed E-state index contributed by atoms with van der Waals surface area (Å²) in [6, 6.07) is 5.83. The summed E-state index contributed by atoms with van der Waals surface area (Å²) >= 11 is 1.51. The van der Waals surface area contributed by atoms with Gasteiger partial charge in [-0.25, -0.2) is 14.9 Å². The SMILES string of the molecule is CCCn1c(SCc2cccc(NC)n2)n[nH]c1=O. The maximum atomic E-state index is 11.5. The molecule has 2 rings (SSSR count). The molecule has 0 fully saturated rings. The molecule has 2 N–H and O–H groups in total. The van der Waals surface area contributed by atoms with Crippen molar-refractivity contribution in [2.75, 3.05) is 12.4 Å². The summed E-state index contributed by atoms with van der Waals surface area (Å²) in [4.78, 5) is 16.0. The Kier molecular flexibility index (Phi) is 4.62. The van der Waals surface area contributed by atoms with Gasteiger partial charge in [-0.2, -0.15) is 0 Å². The van der Waals surface area contributed by atoms with E-state index in [9.17, 15) is 4.79 Å². The van der Waals surface area contributed by atoms with E-state index in [0.29, 0.717) is 17.5 Å². The summed E-state index contributed by atoms with van der Waals surface area (Å²) in [6.07, 6.45) is 0.903. The Morgan fingerprint density at radius 2 is 2.32 bits per heavy atom. The first-order chi connectivity index (χ1) is 9.24. The van der Waals surface area contributed by atoms with Crippen LogP contribution in [0.1, 0.15) is 19.0 Å².